The monoisotopic (exact) mass is 798 g/mol. The molecule has 2 bridgehead atoms. The van der Waals surface area contributed by atoms with Crippen LogP contribution < -0.4 is 10.6 Å². The van der Waals surface area contributed by atoms with Crippen molar-refractivity contribution in [2.45, 2.75) is 69.2 Å². The van der Waals surface area contributed by atoms with Gasteiger partial charge < -0.3 is 34.6 Å². The van der Waals surface area contributed by atoms with Gasteiger partial charge in [0.1, 0.15) is 17.7 Å². The number of aromatic amines is 2. The maximum Gasteiger partial charge on any atom is 0.408 e. The van der Waals surface area contributed by atoms with Gasteiger partial charge in [-0.15, -0.1) is 17.8 Å². The van der Waals surface area contributed by atoms with Crippen molar-refractivity contribution in [2.24, 2.45) is 5.92 Å². The highest BCUT2D eigenvalue weighted by Gasteiger charge is 2.50. The topological polar surface area (TPSA) is 175 Å². The van der Waals surface area contributed by atoms with Gasteiger partial charge in [0.25, 0.3) is 5.91 Å². The Morgan fingerprint density at radius 1 is 0.879 bits per heavy atom. The number of likely N-dealkylation sites (tertiary alicyclic amines) is 2. The number of hydrogen-bond acceptors (Lipinski definition) is 9. The minimum absolute atomic E-state index is 0.126. The zero-order valence-corrected chi connectivity index (χ0v) is 33.0. The minimum atomic E-state index is -1.13. The van der Waals surface area contributed by atoms with E-state index in [2.05, 4.69) is 84.8 Å². The Hall–Kier alpha value is -6.40. The first-order valence-corrected chi connectivity index (χ1v) is 20.2. The van der Waals surface area contributed by atoms with Gasteiger partial charge in [-0.3, -0.25) is 14.9 Å². The molecule has 15 heteroatoms. The van der Waals surface area contributed by atoms with Gasteiger partial charge in [-0.25, -0.2) is 19.6 Å². The molecule has 0 spiro atoms. The van der Waals surface area contributed by atoms with Crippen LogP contribution in [0.15, 0.2) is 60.8 Å². The van der Waals surface area contributed by atoms with Crippen LogP contribution in [0.3, 0.4) is 0 Å². The number of rotatable bonds is 8. The van der Waals surface area contributed by atoms with Crippen molar-refractivity contribution in [3.63, 3.8) is 0 Å². The fraction of sp³-hybridized carbons (Fsp3) is 0.349. The number of amides is 4. The molecule has 2 aliphatic heterocycles. The molecule has 1 saturated carbocycles. The van der Waals surface area contributed by atoms with Crippen LogP contribution in [0.5, 0.6) is 0 Å². The average molecular weight is 799 g/mol. The molecule has 6 aromatic rings. The van der Waals surface area contributed by atoms with Crippen LogP contribution in [0.1, 0.15) is 62.8 Å². The zero-order chi connectivity index (χ0) is 40.2. The summed E-state index contributed by atoms with van der Waals surface area (Å²) in [5.41, 5.74) is 5.70. The van der Waals surface area contributed by atoms with Gasteiger partial charge in [-0.2, -0.15) is 0 Å². The summed E-state index contributed by atoms with van der Waals surface area (Å²) in [6.07, 6.45) is 10.4. The molecule has 5 heterocycles. The number of fused-ring (bicyclic) bond motifs is 6. The highest BCUT2D eigenvalue weighted by molar-refractivity contribution is 7.25. The number of nitrogens with zero attached hydrogens (tertiary/aromatic N) is 4. The molecule has 3 aromatic heterocycles. The Labute approximate surface area is 337 Å². The number of terminal acetylenes is 1. The Kier molecular flexibility index (Phi) is 9.51. The minimum Gasteiger partial charge on any atom is -0.453 e. The lowest BCUT2D eigenvalue weighted by Gasteiger charge is -2.35. The molecule has 14 nitrogen and oxygen atoms in total. The SMILES string of the molecule is C#C[C@H](NC(=O)OC)C(=O)N1CCC[C@H]1c1ncc(-c2ccc3c(c2)sc2cc(-c4ccc5nc([C@@H]6[C@H]7CC[C@H](C7)N6C(=O)[C@H](C)NC(=O)OC)[nH]c5c4)ccc23)[nH]1. The van der Waals surface area contributed by atoms with Gasteiger partial charge >= 0.3 is 12.2 Å². The zero-order valence-electron chi connectivity index (χ0n) is 32.2. The summed E-state index contributed by atoms with van der Waals surface area (Å²) in [4.78, 5) is 70.8. The molecule has 3 aromatic carbocycles. The molecule has 58 heavy (non-hydrogen) atoms. The fourth-order valence-corrected chi connectivity index (χ4v) is 10.3. The predicted octanol–water partition coefficient (Wildman–Crippen LogP) is 6.81. The molecule has 0 unspecified atom stereocenters. The summed E-state index contributed by atoms with van der Waals surface area (Å²) in [6, 6.07) is 17.0. The van der Waals surface area contributed by atoms with Crippen LogP contribution >= 0.6 is 11.3 Å². The van der Waals surface area contributed by atoms with Crippen LogP contribution in [-0.2, 0) is 19.1 Å². The average Bonchev–Trinajstić information content (AvgIpc) is 4.11. The molecule has 9 rings (SSSR count). The number of imidazole rings is 2. The molecule has 0 radical (unpaired) electrons. The first-order chi connectivity index (χ1) is 28.1. The van der Waals surface area contributed by atoms with Gasteiger partial charge in [0.15, 0.2) is 6.04 Å². The summed E-state index contributed by atoms with van der Waals surface area (Å²) in [5.74, 6) is 3.62. The lowest BCUT2D eigenvalue weighted by molar-refractivity contribution is -0.137. The molecule has 4 amide bonds. The summed E-state index contributed by atoms with van der Waals surface area (Å²) in [6.45, 7) is 2.20. The third-order valence-corrected chi connectivity index (χ3v) is 13.1. The molecular formula is C43H42N8O6S. The van der Waals surface area contributed by atoms with E-state index in [1.165, 1.54) is 19.6 Å². The number of carbonyl (C=O) groups is 4. The second-order valence-corrected chi connectivity index (χ2v) is 16.3. The third kappa shape index (κ3) is 6.47. The molecule has 4 N–H and O–H groups in total. The van der Waals surface area contributed by atoms with Crippen molar-refractivity contribution in [1.29, 1.82) is 0 Å². The Morgan fingerprint density at radius 2 is 1.59 bits per heavy atom. The van der Waals surface area contributed by atoms with E-state index >= 15 is 0 Å². The largest absolute Gasteiger partial charge is 0.453 e. The summed E-state index contributed by atoms with van der Waals surface area (Å²) >= 11 is 1.73. The molecule has 296 valence electrons. The van der Waals surface area contributed by atoms with E-state index in [0.717, 1.165) is 86.1 Å². The van der Waals surface area contributed by atoms with Gasteiger partial charge in [-0.05, 0) is 80.3 Å². The van der Waals surface area contributed by atoms with Crippen LogP contribution in [0.25, 0.3) is 53.6 Å². The van der Waals surface area contributed by atoms with E-state index < -0.39 is 24.3 Å². The van der Waals surface area contributed by atoms with Gasteiger partial charge in [0.05, 0.1) is 49.2 Å². The first kappa shape index (κ1) is 37.2. The van der Waals surface area contributed by atoms with E-state index in [9.17, 15) is 19.2 Å². The summed E-state index contributed by atoms with van der Waals surface area (Å²) < 4.78 is 11.7. The predicted molar refractivity (Wildman–Crippen MR) is 220 cm³/mol. The highest BCUT2D eigenvalue weighted by atomic mass is 32.1. The van der Waals surface area contributed by atoms with Gasteiger partial charge in [0, 0.05) is 38.3 Å². The number of methoxy groups -OCH3 is 2. The number of alkyl carbamates (subject to hydrolysis) is 2. The molecule has 3 aliphatic rings. The van der Waals surface area contributed by atoms with Crippen molar-refractivity contribution in [3.05, 3.63) is 72.4 Å². The number of thiophene rings is 1. The Morgan fingerprint density at radius 3 is 2.34 bits per heavy atom. The van der Waals surface area contributed by atoms with E-state index in [4.69, 9.17) is 16.1 Å². The molecule has 3 fully saturated rings. The van der Waals surface area contributed by atoms with Crippen LogP contribution in [-0.4, -0.2) is 92.6 Å². The lowest BCUT2D eigenvalue weighted by Crippen LogP contribution is -2.50. The van der Waals surface area contributed by atoms with Crippen LogP contribution in [0.2, 0.25) is 0 Å². The van der Waals surface area contributed by atoms with Gasteiger partial charge in [-0.1, -0.05) is 36.3 Å². The first-order valence-electron chi connectivity index (χ1n) is 19.4. The van der Waals surface area contributed by atoms with Crippen LogP contribution in [0.4, 0.5) is 9.59 Å². The lowest BCUT2D eigenvalue weighted by atomic mass is 9.97. The quantitative estimate of drug-likeness (QED) is 0.122. The van der Waals surface area contributed by atoms with Crippen molar-refractivity contribution < 1.29 is 28.7 Å². The van der Waals surface area contributed by atoms with Crippen LogP contribution in [0, 0.1) is 18.3 Å². The summed E-state index contributed by atoms with van der Waals surface area (Å²) in [7, 11) is 2.51. The molecule has 2 saturated heterocycles. The smallest absolute Gasteiger partial charge is 0.408 e. The second-order valence-electron chi connectivity index (χ2n) is 15.3. The molecular weight excluding hydrogens is 757 g/mol. The van der Waals surface area contributed by atoms with Crippen molar-refractivity contribution in [1.82, 2.24) is 40.4 Å². The van der Waals surface area contributed by atoms with Crippen molar-refractivity contribution in [3.8, 4) is 34.7 Å². The maximum absolute atomic E-state index is 13.6. The van der Waals surface area contributed by atoms with E-state index in [-0.39, 0.29) is 29.9 Å². The molecule has 1 aliphatic carbocycles. The van der Waals surface area contributed by atoms with Crippen molar-refractivity contribution in [2.75, 3.05) is 20.8 Å². The number of hydrogen-bond donors (Lipinski definition) is 4. The number of ether oxygens (including phenoxy) is 2. The summed E-state index contributed by atoms with van der Waals surface area (Å²) in [5, 5.41) is 7.39. The number of benzene rings is 3. The standard InChI is InChI=1S/C43H42N8O6S/c1-5-30(49-43(55)57-4)41(53)50-16-6-7-34(50)38-44-21-33(48-38)25-10-14-29-28-13-9-24(19-35(28)58-36(29)20-25)23-11-15-31-32(18-23)47-39(46-31)37-26-8-12-27(17-26)51(37)40(52)22(2)45-42(54)56-3/h1,9-11,13-15,18-22,26-27,30,34,37H,6-8,12,16-17H2,2-4H3,(H,44,48)(H,45,54)(H,46,47)(H,49,55)/t22-,26-,27+,30-,34-,37-/m0/s1. The van der Waals surface area contributed by atoms with Gasteiger partial charge in [0.2, 0.25) is 5.91 Å². The fourth-order valence-electron chi connectivity index (χ4n) is 9.14. The Balaban J connectivity index is 0.948. The van der Waals surface area contributed by atoms with Crippen molar-refractivity contribution >= 4 is 66.5 Å². The van der Waals surface area contributed by atoms with E-state index in [1.807, 2.05) is 11.0 Å². The molecule has 6 atom stereocenters. The van der Waals surface area contributed by atoms with E-state index in [0.29, 0.717) is 18.3 Å². The number of aromatic nitrogens is 4. The second kappa shape index (κ2) is 14.8. The number of H-pyrrole nitrogens is 2. The normalized spacial score (nSPS) is 21.0. The highest BCUT2D eigenvalue weighted by Crippen LogP contribution is 2.50. The third-order valence-electron chi connectivity index (χ3n) is 11.9. The number of carbonyl (C=O) groups excluding carboxylic acids is 4. The number of nitrogens with one attached hydrogen (secondary N) is 4. The number of piperidine rings is 1. The maximum atomic E-state index is 13.6. The van der Waals surface area contributed by atoms with E-state index in [1.54, 1.807) is 29.4 Å². The Bertz CT molecular complexity index is 2660.